The number of hydrogen-bond donors (Lipinski definition) is 2. The van der Waals surface area contributed by atoms with E-state index in [2.05, 4.69) is 10.4 Å². The highest BCUT2D eigenvalue weighted by atomic mass is 16.6. The molecule has 2 heterocycles. The second kappa shape index (κ2) is 6.78. The van der Waals surface area contributed by atoms with Gasteiger partial charge in [-0.05, 0) is 31.5 Å². The van der Waals surface area contributed by atoms with Gasteiger partial charge >= 0.3 is 11.9 Å². The van der Waals surface area contributed by atoms with Crippen molar-refractivity contribution in [2.24, 2.45) is 0 Å². The van der Waals surface area contributed by atoms with Gasteiger partial charge in [-0.3, -0.25) is 29.5 Å². The van der Waals surface area contributed by atoms with Crippen LogP contribution in [-0.4, -0.2) is 40.9 Å². The Morgan fingerprint density at radius 2 is 1.85 bits per heavy atom. The lowest BCUT2D eigenvalue weighted by Gasteiger charge is -2.27. The maximum Gasteiger partial charge on any atom is 0.301 e. The number of hydrogen-bond acceptors (Lipinski definition) is 6. The minimum atomic E-state index is -1.64. The largest absolute Gasteiger partial charge is 0.493 e. The molecule has 2 atom stereocenters. The molecule has 0 bridgehead atoms. The van der Waals surface area contributed by atoms with Crippen molar-refractivity contribution in [1.82, 2.24) is 9.78 Å². The molecule has 27 heavy (non-hydrogen) atoms. The molecule has 3 rings (SSSR count). The van der Waals surface area contributed by atoms with E-state index in [1.54, 1.807) is 18.2 Å². The van der Waals surface area contributed by atoms with Crippen LogP contribution in [0.4, 0.5) is 5.82 Å². The van der Waals surface area contributed by atoms with Crippen LogP contribution in [0.1, 0.15) is 36.9 Å². The second-order valence-corrected chi connectivity index (χ2v) is 6.48. The van der Waals surface area contributed by atoms with E-state index >= 15 is 0 Å². The molecule has 1 aromatic heterocycles. The van der Waals surface area contributed by atoms with Gasteiger partial charge in [0.2, 0.25) is 0 Å². The molecule has 0 saturated carbocycles. The summed E-state index contributed by atoms with van der Waals surface area (Å²) < 4.78 is 12.0. The summed E-state index contributed by atoms with van der Waals surface area (Å²) in [6.45, 7) is 3.65. The Hall–Kier alpha value is -3.30. The van der Waals surface area contributed by atoms with Gasteiger partial charge in [-0.25, -0.2) is 0 Å². The molecule has 1 aliphatic heterocycles. The van der Waals surface area contributed by atoms with Crippen molar-refractivity contribution in [3.8, 4) is 11.5 Å². The molecule has 0 saturated heterocycles. The number of nitrogens with one attached hydrogen (secondary N) is 2. The molecule has 2 unspecified atom stereocenters. The Morgan fingerprint density at radius 1 is 1.19 bits per heavy atom. The maximum atomic E-state index is 12.6. The number of aromatic nitrogens is 2. The first kappa shape index (κ1) is 18.5. The van der Waals surface area contributed by atoms with E-state index in [4.69, 9.17) is 9.47 Å². The molecule has 10 heteroatoms. The highest BCUT2D eigenvalue weighted by molar-refractivity contribution is 5.98. The molecule has 2 aromatic rings. The number of nitro groups is 1. The predicted molar refractivity (Wildman–Crippen MR) is 96.2 cm³/mol. The monoisotopic (exact) mass is 376 g/mol. The van der Waals surface area contributed by atoms with E-state index in [0.717, 1.165) is 0 Å². The standard InChI is InChI=1S/C17H20N4O6/c1-8(2)20-15-13(16(22)19-20)12(14(21(24)25)17(23)18-15)9-5-6-10(26-3)11(7-9)27-4/h5-8,12,14H,1-4H3,(H,18,23)(H,19,22). The number of benzene rings is 1. The van der Waals surface area contributed by atoms with Gasteiger partial charge in [0.25, 0.3) is 5.56 Å². The number of rotatable bonds is 5. The topological polar surface area (TPSA) is 128 Å². The Balaban J connectivity index is 2.27. The molecule has 1 aromatic carbocycles. The average Bonchev–Trinajstić information content (AvgIpc) is 2.96. The molecular formula is C17H20N4O6. The summed E-state index contributed by atoms with van der Waals surface area (Å²) in [6, 6.07) is 2.94. The summed E-state index contributed by atoms with van der Waals surface area (Å²) in [5.41, 5.74) is 0.0833. The van der Waals surface area contributed by atoms with Gasteiger partial charge in [0.1, 0.15) is 5.82 Å². The first-order valence-electron chi connectivity index (χ1n) is 8.30. The van der Waals surface area contributed by atoms with Crippen molar-refractivity contribution < 1.29 is 19.2 Å². The van der Waals surface area contributed by atoms with Gasteiger partial charge in [0.05, 0.1) is 25.7 Å². The summed E-state index contributed by atoms with van der Waals surface area (Å²) in [6.07, 6.45) is 0. The van der Waals surface area contributed by atoms with Gasteiger partial charge in [-0.15, -0.1) is 0 Å². The van der Waals surface area contributed by atoms with Gasteiger partial charge in [-0.2, -0.15) is 0 Å². The summed E-state index contributed by atoms with van der Waals surface area (Å²) in [5.74, 6) is -0.803. The van der Waals surface area contributed by atoms with Crippen LogP contribution in [0.25, 0.3) is 0 Å². The van der Waals surface area contributed by atoms with Crippen LogP contribution in [-0.2, 0) is 4.79 Å². The number of carbonyl (C=O) groups excluding carboxylic acids is 1. The molecule has 0 radical (unpaired) electrons. The number of aromatic amines is 1. The van der Waals surface area contributed by atoms with Crippen molar-refractivity contribution in [1.29, 1.82) is 0 Å². The fourth-order valence-corrected chi connectivity index (χ4v) is 3.38. The lowest BCUT2D eigenvalue weighted by molar-refractivity contribution is -0.509. The Morgan fingerprint density at radius 3 is 2.41 bits per heavy atom. The first-order chi connectivity index (χ1) is 12.8. The van der Waals surface area contributed by atoms with E-state index < -0.39 is 28.3 Å². The molecule has 0 spiro atoms. The quantitative estimate of drug-likeness (QED) is 0.601. The van der Waals surface area contributed by atoms with Crippen LogP contribution >= 0.6 is 0 Å². The highest BCUT2D eigenvalue weighted by Gasteiger charge is 2.48. The van der Waals surface area contributed by atoms with E-state index in [0.29, 0.717) is 17.1 Å². The SMILES string of the molecule is COc1ccc(C2c3c(n(C(C)C)[nH]c3=O)NC(=O)C2[N+](=O)[O-])cc1OC. The zero-order chi connectivity index (χ0) is 19.9. The fourth-order valence-electron chi connectivity index (χ4n) is 3.38. The number of fused-ring (bicyclic) bond motifs is 1. The normalized spacial score (nSPS) is 18.8. The number of nitrogens with zero attached hydrogens (tertiary/aromatic N) is 2. The van der Waals surface area contributed by atoms with Gasteiger partial charge < -0.3 is 14.8 Å². The predicted octanol–water partition coefficient (Wildman–Crippen LogP) is 1.50. The maximum absolute atomic E-state index is 12.6. The van der Waals surface area contributed by atoms with Gasteiger partial charge in [-0.1, -0.05) is 6.07 Å². The lowest BCUT2D eigenvalue weighted by atomic mass is 9.83. The third-order valence-electron chi connectivity index (χ3n) is 4.61. The number of anilines is 1. The van der Waals surface area contributed by atoms with Crippen LogP contribution in [0.15, 0.2) is 23.0 Å². The minimum Gasteiger partial charge on any atom is -0.493 e. The van der Waals surface area contributed by atoms with Crippen molar-refractivity contribution in [3.05, 3.63) is 49.8 Å². The first-order valence-corrected chi connectivity index (χ1v) is 8.30. The number of H-pyrrole nitrogens is 1. The average molecular weight is 376 g/mol. The minimum absolute atomic E-state index is 0.150. The van der Waals surface area contributed by atoms with Crippen molar-refractivity contribution in [3.63, 3.8) is 0 Å². The van der Waals surface area contributed by atoms with Crippen LogP contribution in [0, 0.1) is 10.1 Å². The molecule has 0 fully saturated rings. The summed E-state index contributed by atoms with van der Waals surface area (Å²) in [4.78, 5) is 36.1. The molecule has 1 amide bonds. The van der Waals surface area contributed by atoms with E-state index in [9.17, 15) is 19.7 Å². The van der Waals surface area contributed by atoms with Crippen LogP contribution in [0.3, 0.4) is 0 Å². The number of carbonyl (C=O) groups is 1. The number of amides is 1. The molecule has 144 valence electrons. The summed E-state index contributed by atoms with van der Waals surface area (Å²) >= 11 is 0. The fraction of sp³-hybridized carbons (Fsp3) is 0.412. The lowest BCUT2D eigenvalue weighted by Crippen LogP contribution is -2.45. The molecule has 1 aliphatic rings. The van der Waals surface area contributed by atoms with Gasteiger partial charge in [0, 0.05) is 11.0 Å². The van der Waals surface area contributed by atoms with Crippen LogP contribution < -0.4 is 20.3 Å². The molecule has 2 N–H and O–H groups in total. The number of methoxy groups -OCH3 is 2. The number of ether oxygens (including phenoxy) is 2. The van der Waals surface area contributed by atoms with Crippen molar-refractivity contribution >= 4 is 11.7 Å². The van der Waals surface area contributed by atoms with Crippen LogP contribution in [0.5, 0.6) is 11.5 Å². The van der Waals surface area contributed by atoms with Gasteiger partial charge in [0.15, 0.2) is 11.5 Å². The Kier molecular flexibility index (Phi) is 4.64. The third kappa shape index (κ3) is 2.92. The Labute approximate surface area is 154 Å². The zero-order valence-corrected chi connectivity index (χ0v) is 15.3. The van der Waals surface area contributed by atoms with Crippen molar-refractivity contribution in [2.45, 2.75) is 31.8 Å². The van der Waals surface area contributed by atoms with Crippen LogP contribution in [0.2, 0.25) is 0 Å². The third-order valence-corrected chi connectivity index (χ3v) is 4.61. The molecular weight excluding hydrogens is 356 g/mol. The van der Waals surface area contributed by atoms with E-state index in [-0.39, 0.29) is 17.4 Å². The highest BCUT2D eigenvalue weighted by Crippen LogP contribution is 2.40. The summed E-state index contributed by atoms with van der Waals surface area (Å²) in [5, 5.41) is 16.8. The molecule has 0 aliphatic carbocycles. The Bertz CT molecular complexity index is 961. The second-order valence-electron chi connectivity index (χ2n) is 6.48. The van der Waals surface area contributed by atoms with E-state index in [1.807, 2.05) is 13.8 Å². The molecule has 10 nitrogen and oxygen atoms in total. The smallest absolute Gasteiger partial charge is 0.301 e. The van der Waals surface area contributed by atoms with E-state index in [1.165, 1.54) is 18.9 Å². The summed E-state index contributed by atoms with van der Waals surface area (Å²) in [7, 11) is 2.91. The zero-order valence-electron chi connectivity index (χ0n) is 15.3. The van der Waals surface area contributed by atoms with Crippen molar-refractivity contribution in [2.75, 3.05) is 19.5 Å².